The van der Waals surface area contributed by atoms with Crippen molar-refractivity contribution in [1.82, 2.24) is 24.9 Å². The maximum absolute atomic E-state index is 12.0. The molecule has 0 aliphatic carbocycles. The average molecular weight is 287 g/mol. The highest BCUT2D eigenvalue weighted by Crippen LogP contribution is 2.08. The Morgan fingerprint density at radius 2 is 2.25 bits per heavy atom. The lowest BCUT2D eigenvalue weighted by Gasteiger charge is -1.99. The van der Waals surface area contributed by atoms with Gasteiger partial charge in [0.15, 0.2) is 0 Å². The maximum Gasteiger partial charge on any atom is 0.291 e. The molecule has 3 aromatic heterocycles. The zero-order valence-electron chi connectivity index (χ0n) is 11.1. The van der Waals surface area contributed by atoms with Crippen LogP contribution < -0.4 is 5.32 Å². The van der Waals surface area contributed by atoms with Crippen molar-refractivity contribution in [2.24, 2.45) is 0 Å². The van der Waals surface area contributed by atoms with Crippen LogP contribution in [-0.4, -0.2) is 25.5 Å². The zero-order valence-corrected chi connectivity index (χ0v) is 11.9. The van der Waals surface area contributed by atoms with Gasteiger partial charge in [-0.15, -0.1) is 16.4 Å². The van der Waals surface area contributed by atoms with E-state index in [2.05, 4.69) is 20.4 Å². The van der Waals surface area contributed by atoms with Gasteiger partial charge in [-0.1, -0.05) is 6.07 Å². The highest BCUT2D eigenvalue weighted by Gasteiger charge is 2.14. The Hall–Kier alpha value is -2.28. The van der Waals surface area contributed by atoms with E-state index in [0.717, 1.165) is 16.3 Å². The fraction of sp³-hybridized carbons (Fsp3) is 0.231. The third-order valence-corrected chi connectivity index (χ3v) is 3.70. The average Bonchev–Trinajstić information content (AvgIpc) is 3.04. The monoisotopic (exact) mass is 287 g/mol. The Balaban J connectivity index is 1.83. The molecule has 0 aliphatic heterocycles. The summed E-state index contributed by atoms with van der Waals surface area (Å²) in [5.41, 5.74) is 1.75. The van der Waals surface area contributed by atoms with Crippen LogP contribution in [0.3, 0.4) is 0 Å². The molecule has 3 rings (SSSR count). The van der Waals surface area contributed by atoms with Crippen LogP contribution in [0.15, 0.2) is 23.6 Å². The van der Waals surface area contributed by atoms with E-state index in [4.69, 9.17) is 0 Å². The lowest BCUT2D eigenvalue weighted by atomic mass is 10.4. The summed E-state index contributed by atoms with van der Waals surface area (Å²) in [5.74, 6) is 0.299. The van der Waals surface area contributed by atoms with E-state index < -0.39 is 0 Å². The second-order valence-electron chi connectivity index (χ2n) is 4.45. The van der Waals surface area contributed by atoms with Crippen molar-refractivity contribution >= 4 is 23.0 Å². The number of fused-ring (bicyclic) bond motifs is 1. The van der Waals surface area contributed by atoms with Crippen LogP contribution >= 0.6 is 11.3 Å². The van der Waals surface area contributed by atoms with Crippen molar-refractivity contribution in [2.75, 3.05) is 0 Å². The molecule has 0 spiro atoms. The molecule has 0 bridgehead atoms. The minimum Gasteiger partial charge on any atom is -0.344 e. The van der Waals surface area contributed by atoms with Crippen molar-refractivity contribution in [3.05, 3.63) is 45.7 Å². The summed E-state index contributed by atoms with van der Waals surface area (Å²) in [6.45, 7) is 4.28. The maximum atomic E-state index is 12.0. The number of carbonyl (C=O) groups excluding carboxylic acids is 1. The second-order valence-corrected chi connectivity index (χ2v) is 5.48. The first kappa shape index (κ1) is 12.7. The van der Waals surface area contributed by atoms with E-state index in [0.29, 0.717) is 12.3 Å². The van der Waals surface area contributed by atoms with Crippen molar-refractivity contribution in [3.63, 3.8) is 0 Å². The number of rotatable bonds is 3. The van der Waals surface area contributed by atoms with E-state index in [9.17, 15) is 4.79 Å². The van der Waals surface area contributed by atoms with Crippen molar-refractivity contribution in [1.29, 1.82) is 0 Å². The summed E-state index contributed by atoms with van der Waals surface area (Å²) in [5, 5.41) is 8.96. The molecule has 0 aromatic carbocycles. The van der Waals surface area contributed by atoms with Crippen LogP contribution in [-0.2, 0) is 6.54 Å². The minimum atomic E-state index is -0.291. The summed E-state index contributed by atoms with van der Waals surface area (Å²) in [4.78, 5) is 21.6. The summed E-state index contributed by atoms with van der Waals surface area (Å²) in [6.07, 6.45) is 0. The number of hydrogen-bond donors (Lipinski definition) is 1. The SMILES string of the molecule is Cc1cc(C)n2nc(C(=O)NCc3cccs3)nc2n1. The molecule has 20 heavy (non-hydrogen) atoms. The lowest BCUT2D eigenvalue weighted by molar-refractivity contribution is 0.0941. The van der Waals surface area contributed by atoms with Gasteiger partial charge in [-0.05, 0) is 31.4 Å². The molecule has 0 fully saturated rings. The molecule has 0 saturated heterocycles. The molecule has 1 amide bonds. The number of thiophene rings is 1. The molecular weight excluding hydrogens is 274 g/mol. The van der Waals surface area contributed by atoms with Gasteiger partial charge in [0.1, 0.15) is 0 Å². The van der Waals surface area contributed by atoms with Crippen LogP contribution in [0.4, 0.5) is 0 Å². The molecule has 0 unspecified atom stereocenters. The fourth-order valence-electron chi connectivity index (χ4n) is 1.92. The van der Waals surface area contributed by atoms with Gasteiger partial charge in [-0.25, -0.2) is 9.50 Å². The fourth-order valence-corrected chi connectivity index (χ4v) is 2.57. The molecule has 0 radical (unpaired) electrons. The first-order valence-electron chi connectivity index (χ1n) is 6.15. The topological polar surface area (TPSA) is 72.2 Å². The van der Waals surface area contributed by atoms with Gasteiger partial charge in [0.05, 0.1) is 6.54 Å². The highest BCUT2D eigenvalue weighted by atomic mass is 32.1. The van der Waals surface area contributed by atoms with Gasteiger partial charge in [-0.2, -0.15) is 4.98 Å². The summed E-state index contributed by atoms with van der Waals surface area (Å²) in [7, 11) is 0. The van der Waals surface area contributed by atoms with Crippen molar-refractivity contribution in [2.45, 2.75) is 20.4 Å². The van der Waals surface area contributed by atoms with Gasteiger partial charge in [0.25, 0.3) is 11.7 Å². The Morgan fingerprint density at radius 3 is 3.00 bits per heavy atom. The second kappa shape index (κ2) is 5.01. The first-order chi connectivity index (χ1) is 9.63. The summed E-state index contributed by atoms with van der Waals surface area (Å²) in [6, 6.07) is 5.82. The first-order valence-corrected chi connectivity index (χ1v) is 7.03. The van der Waals surface area contributed by atoms with E-state index in [-0.39, 0.29) is 11.7 Å². The number of aryl methyl sites for hydroxylation is 2. The van der Waals surface area contributed by atoms with Gasteiger partial charge in [0, 0.05) is 16.3 Å². The van der Waals surface area contributed by atoms with E-state index >= 15 is 0 Å². The van der Waals surface area contributed by atoms with Crippen molar-refractivity contribution in [3.8, 4) is 0 Å². The summed E-state index contributed by atoms with van der Waals surface area (Å²) < 4.78 is 1.58. The Morgan fingerprint density at radius 1 is 1.40 bits per heavy atom. The van der Waals surface area contributed by atoms with Gasteiger partial charge < -0.3 is 5.32 Å². The molecular formula is C13H13N5OS. The molecule has 1 N–H and O–H groups in total. The van der Waals surface area contributed by atoms with Crippen LogP contribution in [0.2, 0.25) is 0 Å². The summed E-state index contributed by atoms with van der Waals surface area (Å²) >= 11 is 1.60. The minimum absolute atomic E-state index is 0.141. The molecule has 0 saturated carbocycles. The van der Waals surface area contributed by atoms with Crippen LogP contribution in [0.5, 0.6) is 0 Å². The van der Waals surface area contributed by atoms with E-state index in [1.165, 1.54) is 0 Å². The third kappa shape index (κ3) is 2.39. The molecule has 7 heteroatoms. The highest BCUT2D eigenvalue weighted by molar-refractivity contribution is 7.09. The standard InChI is InChI=1S/C13H13N5OS/c1-8-6-9(2)18-13(15-8)16-11(17-18)12(19)14-7-10-4-3-5-20-10/h3-6H,7H2,1-2H3,(H,14,19). The van der Waals surface area contributed by atoms with E-state index in [1.54, 1.807) is 15.9 Å². The molecule has 0 atom stereocenters. The number of amides is 1. The van der Waals surface area contributed by atoms with Crippen LogP contribution in [0.25, 0.3) is 5.78 Å². The Bertz CT molecular complexity index is 763. The van der Waals surface area contributed by atoms with Gasteiger partial charge >= 0.3 is 0 Å². The Labute approximate surface area is 119 Å². The quantitative estimate of drug-likeness (QED) is 0.796. The van der Waals surface area contributed by atoms with Gasteiger partial charge in [-0.3, -0.25) is 4.79 Å². The zero-order chi connectivity index (χ0) is 14.1. The molecule has 102 valence electrons. The molecule has 6 nitrogen and oxygen atoms in total. The number of nitrogens with one attached hydrogen (secondary N) is 1. The number of carbonyl (C=O) groups is 1. The van der Waals surface area contributed by atoms with E-state index in [1.807, 2.05) is 37.4 Å². The third-order valence-electron chi connectivity index (χ3n) is 2.82. The molecule has 0 aliphatic rings. The number of nitrogens with zero attached hydrogens (tertiary/aromatic N) is 4. The predicted octanol–water partition coefficient (Wildman–Crippen LogP) is 1.73. The lowest BCUT2D eigenvalue weighted by Crippen LogP contribution is -2.23. The Kier molecular flexibility index (Phi) is 3.19. The van der Waals surface area contributed by atoms with Crippen molar-refractivity contribution < 1.29 is 4.79 Å². The van der Waals surface area contributed by atoms with Crippen LogP contribution in [0, 0.1) is 13.8 Å². The number of aromatic nitrogens is 4. The number of hydrogen-bond acceptors (Lipinski definition) is 5. The molecule has 3 heterocycles. The smallest absolute Gasteiger partial charge is 0.291 e. The van der Waals surface area contributed by atoms with Gasteiger partial charge in [0.2, 0.25) is 5.82 Å². The molecule has 3 aromatic rings. The largest absolute Gasteiger partial charge is 0.344 e. The predicted molar refractivity (Wildman–Crippen MR) is 75.7 cm³/mol. The normalized spacial score (nSPS) is 10.9. The van der Waals surface area contributed by atoms with Crippen LogP contribution in [0.1, 0.15) is 26.9 Å².